The van der Waals surface area contributed by atoms with Crippen LogP contribution in [-0.2, 0) is 60.3 Å². The average Bonchev–Trinajstić information content (AvgIpc) is 1.56. The second-order valence-electron chi connectivity index (χ2n) is 23.2. The van der Waals surface area contributed by atoms with Gasteiger partial charge in [-0.25, -0.2) is 4.98 Å². The van der Waals surface area contributed by atoms with Crippen molar-refractivity contribution in [3.05, 3.63) is 343 Å². The van der Waals surface area contributed by atoms with Crippen LogP contribution in [0.25, 0.3) is 134 Å². The van der Waals surface area contributed by atoms with E-state index >= 15 is 0 Å². The van der Waals surface area contributed by atoms with Crippen LogP contribution in [0, 0.1) is 77.6 Å². The summed E-state index contributed by atoms with van der Waals surface area (Å²) in [5.41, 5.74) is 17.3. The van der Waals surface area contributed by atoms with E-state index < -0.39 is 34.3 Å². The summed E-state index contributed by atoms with van der Waals surface area (Å²) in [5, 5.41) is 4.04. The van der Waals surface area contributed by atoms with Crippen molar-refractivity contribution in [1.82, 2.24) is 44.9 Å². The van der Waals surface area contributed by atoms with E-state index in [9.17, 15) is 0 Å². The molecule has 0 bridgehead atoms. The van der Waals surface area contributed by atoms with Crippen LogP contribution in [0.3, 0.4) is 0 Å². The number of rotatable bonds is 7. The summed E-state index contributed by atoms with van der Waals surface area (Å²) in [7, 11) is 0. The summed E-state index contributed by atoms with van der Waals surface area (Å²) < 4.78 is 129. The standard InChI is InChI=1S/C20H17N2O.2C16H9N2O.2C13H12N.C12H10N.3Ir/c1-12(2)14-8-10-22-18-16-6-4-5-15(19(16)23-20(14)18)17-11-13(3)7-9-21-17;1-2-8-17-14(5-1)11-6-7-12-13-4-3-9-18-16(13)19-15(12)10-11;1-2-8-17-13(4-1)11-6-7-12-15(10-11)19-14-5-3-9-18-16(12)14;2*1-10-8-13(14-9-11(10)2)12-6-4-3-5-7-12;1-10-7-8-12(13-9-10)11-5-3-2-4-6-11;;;/h4,6-12H,1-3H3;2*1-5,7-10H;2*3-6,8-9H,1-2H3;2-5,7-9H,1H3;;;/q6*-1;;;/i;;;2*1D3,2D3;1D3;;;. The summed E-state index contributed by atoms with van der Waals surface area (Å²) in [5.74, 6) is 0.380. The molecule has 15 heteroatoms. The minimum atomic E-state index is -2.50. The molecule has 12 heterocycles. The van der Waals surface area contributed by atoms with E-state index in [1.165, 1.54) is 23.9 Å². The number of furan rings is 3. The first-order chi connectivity index (χ1) is 55.9. The first-order valence-corrected chi connectivity index (χ1v) is 32.2. The van der Waals surface area contributed by atoms with Gasteiger partial charge in [0.15, 0.2) is 0 Å². The second-order valence-corrected chi connectivity index (χ2v) is 23.2. The maximum absolute atomic E-state index is 7.50. The van der Waals surface area contributed by atoms with Crippen LogP contribution >= 0.6 is 0 Å². The molecule has 18 rings (SSSR count). The molecule has 105 heavy (non-hydrogen) atoms. The van der Waals surface area contributed by atoms with E-state index in [2.05, 4.69) is 108 Å². The molecule has 0 unspecified atom stereocenters. The Morgan fingerprint density at radius 2 is 0.886 bits per heavy atom. The maximum atomic E-state index is 7.50. The van der Waals surface area contributed by atoms with Gasteiger partial charge in [-0.2, -0.15) is 0 Å². The van der Waals surface area contributed by atoms with Crippen molar-refractivity contribution in [2.45, 2.75) is 60.9 Å². The zero-order chi connectivity index (χ0) is 82.8. The topological polar surface area (TPSA) is 155 Å². The van der Waals surface area contributed by atoms with Gasteiger partial charge in [0.05, 0.1) is 27.8 Å². The zero-order valence-electron chi connectivity index (χ0n) is 71.2. The van der Waals surface area contributed by atoms with Crippen LogP contribution in [0.2, 0.25) is 0 Å². The Balaban J connectivity index is 0.000000151. The molecule has 0 aliphatic heterocycles. The third-order valence-electron chi connectivity index (χ3n) is 15.9. The molecule has 0 atom stereocenters. The van der Waals surface area contributed by atoms with E-state index in [1.54, 1.807) is 91.5 Å². The normalized spacial score (nSPS) is 13.2. The molecule has 0 spiro atoms. The predicted octanol–water partition coefficient (Wildman–Crippen LogP) is 22.1. The van der Waals surface area contributed by atoms with Crippen LogP contribution in [-0.4, -0.2) is 44.9 Å². The molecule has 18 aromatic rings. The molecule has 0 amide bonds. The van der Waals surface area contributed by atoms with Crippen molar-refractivity contribution >= 4 is 66.2 Å². The third kappa shape index (κ3) is 18.7. The van der Waals surface area contributed by atoms with Gasteiger partial charge in [-0.3, -0.25) is 9.97 Å². The molecule has 0 aliphatic rings. The van der Waals surface area contributed by atoms with Gasteiger partial charge in [-0.05, 0) is 157 Å². The van der Waals surface area contributed by atoms with Gasteiger partial charge in [0, 0.05) is 142 Å². The Hall–Kier alpha value is -11.0. The number of nitrogens with zero attached hydrogens (tertiary/aromatic N) is 9. The Morgan fingerprint density at radius 3 is 1.46 bits per heavy atom. The third-order valence-corrected chi connectivity index (χ3v) is 15.9. The first-order valence-electron chi connectivity index (χ1n) is 39.7. The Bertz CT molecular complexity index is 6180. The van der Waals surface area contributed by atoms with Crippen molar-refractivity contribution < 1.29 is 94.1 Å². The van der Waals surface area contributed by atoms with Crippen LogP contribution in [0.15, 0.2) is 281 Å². The van der Waals surface area contributed by atoms with Crippen LogP contribution < -0.4 is 0 Å². The molecule has 6 aromatic carbocycles. The molecule has 0 saturated heterocycles. The summed E-state index contributed by atoms with van der Waals surface area (Å²) in [6.45, 7) is -5.72. The zero-order valence-corrected chi connectivity index (χ0v) is 63.4. The van der Waals surface area contributed by atoms with Gasteiger partial charge in [-0.15, -0.1) is 161 Å². The fourth-order valence-electron chi connectivity index (χ4n) is 10.8. The van der Waals surface area contributed by atoms with Gasteiger partial charge >= 0.3 is 0 Å². The van der Waals surface area contributed by atoms with E-state index in [4.69, 9.17) is 33.8 Å². The molecule has 525 valence electrons. The van der Waals surface area contributed by atoms with Crippen LogP contribution in [0.5, 0.6) is 0 Å². The Labute approximate surface area is 672 Å². The number of hydrogen-bond donors (Lipinski definition) is 0. The van der Waals surface area contributed by atoms with Crippen molar-refractivity contribution in [3.63, 3.8) is 0 Å². The minimum absolute atomic E-state index is 0. The molecule has 3 radical (unpaired) electrons. The van der Waals surface area contributed by atoms with Gasteiger partial charge in [0.1, 0.15) is 11.2 Å². The maximum Gasteiger partial charge on any atom is 0.215 e. The Morgan fingerprint density at radius 1 is 0.333 bits per heavy atom. The van der Waals surface area contributed by atoms with Crippen molar-refractivity contribution in [1.29, 1.82) is 0 Å². The van der Waals surface area contributed by atoms with Crippen LogP contribution in [0.1, 0.15) is 79.3 Å². The molecule has 0 N–H and O–H groups in total. The quantitative estimate of drug-likeness (QED) is 0.139. The smallest absolute Gasteiger partial charge is 0.215 e. The van der Waals surface area contributed by atoms with Crippen molar-refractivity contribution in [3.8, 4) is 67.5 Å². The molecule has 0 aliphatic carbocycles. The molecular weight excluding hydrogens is 1830 g/mol. The molecular formula is C90H69Ir3N9O3-6. The molecule has 12 nitrogen and oxygen atoms in total. The fourth-order valence-corrected chi connectivity index (χ4v) is 10.8. The molecule has 0 saturated carbocycles. The number of aryl methyl sites for hydroxylation is 6. The number of pyridine rings is 9. The van der Waals surface area contributed by atoms with E-state index in [0.29, 0.717) is 34.1 Å². The summed E-state index contributed by atoms with van der Waals surface area (Å²) in [6, 6.07) is 83.1. The predicted molar refractivity (Wildman–Crippen MR) is 409 cm³/mol. The fraction of sp³-hybridized carbons (Fsp3) is 0.100. The molecule has 0 fully saturated rings. The number of benzene rings is 6. The second kappa shape index (κ2) is 36.4. The van der Waals surface area contributed by atoms with E-state index in [1.807, 2.05) is 140 Å². The van der Waals surface area contributed by atoms with Gasteiger partial charge in [-0.1, -0.05) is 114 Å². The number of aromatic nitrogens is 9. The monoisotopic (exact) mass is 1920 g/mol. The molecule has 12 aromatic heterocycles. The first kappa shape index (κ1) is 58.4. The van der Waals surface area contributed by atoms with Crippen LogP contribution in [0.4, 0.5) is 0 Å². The number of fused-ring (bicyclic) bond motifs is 9. The summed E-state index contributed by atoms with van der Waals surface area (Å²) in [6.07, 6.45) is 14.3. The van der Waals surface area contributed by atoms with E-state index in [-0.39, 0.29) is 88.1 Å². The number of hydrogen-bond acceptors (Lipinski definition) is 12. The summed E-state index contributed by atoms with van der Waals surface area (Å²) >= 11 is 0. The average molecular weight is 1920 g/mol. The van der Waals surface area contributed by atoms with Crippen molar-refractivity contribution in [2.75, 3.05) is 0 Å². The largest absolute Gasteiger partial charge is 0.499 e. The minimum Gasteiger partial charge on any atom is -0.499 e. The van der Waals surface area contributed by atoms with Gasteiger partial charge < -0.3 is 43.2 Å². The van der Waals surface area contributed by atoms with Gasteiger partial charge in [0.25, 0.3) is 0 Å². The van der Waals surface area contributed by atoms with Crippen molar-refractivity contribution in [2.24, 2.45) is 0 Å². The summed E-state index contributed by atoms with van der Waals surface area (Å²) in [4.78, 5) is 38.4. The van der Waals surface area contributed by atoms with Gasteiger partial charge in [0.2, 0.25) is 5.71 Å². The SMILES string of the molecule is Cc1ccnc(-c2[c-]ccc3c2oc2c(C(C)C)ccnc23)c1.[2H]C([2H])([2H])c1ccc(-c2[c-]cccc2)nc1.[2H]C([2H])([2H])c1cnc(-c2[c-]cccc2)cc1C([2H])([2H])[2H].[2H]C([2H])([2H])c1cnc(-c2[c-]cccc2)cc1C([2H])([2H])[2H].[Ir].[Ir].[Ir].[c-]1cc2c(cc1-c1ccccn1)oc1cccnc12.[c-]1cc2c(cc1-c1ccccn1)oc1ncccc12. The Kier molecular flexibility index (Phi) is 20.3. The van der Waals surface area contributed by atoms with E-state index in [0.717, 1.165) is 123 Å².